The van der Waals surface area contributed by atoms with Gasteiger partial charge in [0.2, 0.25) is 0 Å². The van der Waals surface area contributed by atoms with Crippen molar-refractivity contribution in [2.24, 2.45) is 0 Å². The number of hydrogen-bond acceptors (Lipinski definition) is 4. The maximum atomic E-state index is 12.5. The van der Waals surface area contributed by atoms with Crippen molar-refractivity contribution >= 4 is 21.4 Å². The number of sulfonamides is 1. The average Bonchev–Trinajstić information content (AvgIpc) is 2.46. The number of nitrogens with two attached hydrogens (primary N) is 1. The summed E-state index contributed by atoms with van der Waals surface area (Å²) in [6, 6.07) is 7.52. The molecule has 9 heteroatoms. The maximum absolute atomic E-state index is 12.5. The van der Waals surface area contributed by atoms with Crippen molar-refractivity contribution in [3.8, 4) is 5.75 Å². The van der Waals surface area contributed by atoms with E-state index in [0.29, 0.717) is 5.75 Å². The minimum absolute atomic E-state index is 0.00684. The van der Waals surface area contributed by atoms with Gasteiger partial charge in [-0.3, -0.25) is 4.72 Å². The molecule has 0 saturated carbocycles. The van der Waals surface area contributed by atoms with Crippen molar-refractivity contribution in [1.29, 1.82) is 0 Å². The summed E-state index contributed by atoms with van der Waals surface area (Å²) in [6.07, 6.45) is -4.48. The zero-order valence-corrected chi connectivity index (χ0v) is 12.7. The SMILES string of the molecule is COc1ccc(S(=O)(=O)Nc2ccc(C(F)(F)F)cc2)cc1N. The Labute approximate surface area is 130 Å². The van der Waals surface area contributed by atoms with Crippen LogP contribution in [-0.4, -0.2) is 15.5 Å². The predicted molar refractivity (Wildman–Crippen MR) is 79.7 cm³/mol. The van der Waals surface area contributed by atoms with Crippen molar-refractivity contribution in [2.75, 3.05) is 17.6 Å². The molecule has 0 unspecified atom stereocenters. The number of rotatable bonds is 4. The molecule has 23 heavy (non-hydrogen) atoms. The van der Waals surface area contributed by atoms with E-state index in [4.69, 9.17) is 10.5 Å². The minimum atomic E-state index is -4.48. The van der Waals surface area contributed by atoms with Gasteiger partial charge in [0.05, 0.1) is 23.3 Å². The number of anilines is 2. The lowest BCUT2D eigenvalue weighted by molar-refractivity contribution is -0.137. The third kappa shape index (κ3) is 3.86. The first-order chi connectivity index (χ1) is 10.6. The molecule has 0 bridgehead atoms. The Hall–Kier alpha value is -2.42. The number of nitrogens with one attached hydrogen (secondary N) is 1. The van der Waals surface area contributed by atoms with E-state index in [2.05, 4.69) is 4.72 Å². The topological polar surface area (TPSA) is 81.4 Å². The Bertz CT molecular complexity index is 803. The summed E-state index contributed by atoms with van der Waals surface area (Å²) in [5.41, 5.74) is 4.92. The Morgan fingerprint density at radius 3 is 2.17 bits per heavy atom. The van der Waals surface area contributed by atoms with Crippen LogP contribution in [0.3, 0.4) is 0 Å². The highest BCUT2D eigenvalue weighted by Crippen LogP contribution is 2.30. The molecule has 0 aliphatic rings. The van der Waals surface area contributed by atoms with Crippen LogP contribution in [0, 0.1) is 0 Å². The number of methoxy groups -OCH3 is 1. The fourth-order valence-electron chi connectivity index (χ4n) is 1.82. The van der Waals surface area contributed by atoms with Gasteiger partial charge in [-0.05, 0) is 42.5 Å². The van der Waals surface area contributed by atoms with Crippen molar-refractivity contribution in [3.63, 3.8) is 0 Å². The van der Waals surface area contributed by atoms with E-state index in [9.17, 15) is 21.6 Å². The molecule has 2 rings (SSSR count). The zero-order chi connectivity index (χ0) is 17.3. The minimum Gasteiger partial charge on any atom is -0.495 e. The molecule has 0 fully saturated rings. The Balaban J connectivity index is 2.26. The van der Waals surface area contributed by atoms with Gasteiger partial charge in [-0.15, -0.1) is 0 Å². The highest BCUT2D eigenvalue weighted by atomic mass is 32.2. The van der Waals surface area contributed by atoms with Crippen LogP contribution in [0.4, 0.5) is 24.5 Å². The van der Waals surface area contributed by atoms with Crippen molar-refractivity contribution in [1.82, 2.24) is 0 Å². The molecule has 0 aliphatic heterocycles. The summed E-state index contributed by atoms with van der Waals surface area (Å²) in [4.78, 5) is -0.129. The first kappa shape index (κ1) is 16.9. The molecular weight excluding hydrogens is 333 g/mol. The zero-order valence-electron chi connectivity index (χ0n) is 11.9. The molecule has 0 spiro atoms. The number of nitrogen functional groups attached to an aromatic ring is 1. The van der Waals surface area contributed by atoms with Gasteiger partial charge in [-0.25, -0.2) is 8.42 Å². The summed E-state index contributed by atoms with van der Waals surface area (Å²) in [5.74, 6) is 0.318. The summed E-state index contributed by atoms with van der Waals surface area (Å²) >= 11 is 0. The van der Waals surface area contributed by atoms with Gasteiger partial charge in [0.25, 0.3) is 10.0 Å². The van der Waals surface area contributed by atoms with Crippen molar-refractivity contribution < 1.29 is 26.3 Å². The molecule has 0 atom stereocenters. The van der Waals surface area contributed by atoms with Crippen LogP contribution in [0.15, 0.2) is 47.4 Å². The van der Waals surface area contributed by atoms with Crippen LogP contribution in [0.5, 0.6) is 5.75 Å². The highest BCUT2D eigenvalue weighted by Gasteiger charge is 2.30. The second-order valence-corrected chi connectivity index (χ2v) is 6.27. The van der Waals surface area contributed by atoms with Gasteiger partial charge in [-0.1, -0.05) is 0 Å². The van der Waals surface area contributed by atoms with Crippen LogP contribution in [0.1, 0.15) is 5.56 Å². The summed E-state index contributed by atoms with van der Waals surface area (Å²) in [5, 5.41) is 0. The highest BCUT2D eigenvalue weighted by molar-refractivity contribution is 7.92. The number of ether oxygens (including phenoxy) is 1. The second kappa shape index (κ2) is 5.99. The van der Waals surface area contributed by atoms with Crippen LogP contribution < -0.4 is 15.2 Å². The molecule has 2 aromatic rings. The normalized spacial score (nSPS) is 12.0. The Kier molecular flexibility index (Phi) is 4.42. The summed E-state index contributed by atoms with van der Waals surface area (Å²) in [6.45, 7) is 0. The Morgan fingerprint density at radius 1 is 1.09 bits per heavy atom. The summed E-state index contributed by atoms with van der Waals surface area (Å²) in [7, 11) is -2.59. The molecule has 0 aromatic heterocycles. The van der Waals surface area contributed by atoms with Crippen LogP contribution >= 0.6 is 0 Å². The molecule has 0 radical (unpaired) electrons. The van der Waals surface area contributed by atoms with Crippen molar-refractivity contribution in [2.45, 2.75) is 11.1 Å². The largest absolute Gasteiger partial charge is 0.495 e. The lowest BCUT2D eigenvalue weighted by Crippen LogP contribution is -2.13. The second-order valence-electron chi connectivity index (χ2n) is 4.58. The molecular formula is C14H13F3N2O3S. The first-order valence-corrected chi connectivity index (χ1v) is 7.75. The smallest absolute Gasteiger partial charge is 0.416 e. The quantitative estimate of drug-likeness (QED) is 0.834. The lowest BCUT2D eigenvalue weighted by atomic mass is 10.2. The first-order valence-electron chi connectivity index (χ1n) is 6.27. The number of benzene rings is 2. The molecule has 3 N–H and O–H groups in total. The Morgan fingerprint density at radius 2 is 1.70 bits per heavy atom. The van der Waals surface area contributed by atoms with Gasteiger partial charge in [0, 0.05) is 5.69 Å². The number of alkyl halides is 3. The van der Waals surface area contributed by atoms with E-state index in [0.717, 1.165) is 24.3 Å². The van der Waals surface area contributed by atoms with E-state index >= 15 is 0 Å². The average molecular weight is 346 g/mol. The molecule has 0 aliphatic carbocycles. The van der Waals surface area contributed by atoms with E-state index in [1.807, 2.05) is 0 Å². The third-order valence-electron chi connectivity index (χ3n) is 2.98. The van der Waals surface area contributed by atoms with E-state index in [-0.39, 0.29) is 16.3 Å². The van der Waals surface area contributed by atoms with E-state index in [1.165, 1.54) is 25.3 Å². The molecule has 0 heterocycles. The van der Waals surface area contributed by atoms with E-state index in [1.54, 1.807) is 0 Å². The fraction of sp³-hybridized carbons (Fsp3) is 0.143. The van der Waals surface area contributed by atoms with Gasteiger partial charge < -0.3 is 10.5 Å². The number of hydrogen-bond donors (Lipinski definition) is 2. The molecule has 0 saturated heterocycles. The molecule has 124 valence electrons. The monoisotopic (exact) mass is 346 g/mol. The molecule has 0 amide bonds. The van der Waals surface area contributed by atoms with Gasteiger partial charge in [0.15, 0.2) is 0 Å². The van der Waals surface area contributed by atoms with Crippen LogP contribution in [0.2, 0.25) is 0 Å². The predicted octanol–water partition coefficient (Wildman–Crippen LogP) is 3.10. The number of halogens is 3. The van der Waals surface area contributed by atoms with Crippen LogP contribution in [-0.2, 0) is 16.2 Å². The lowest BCUT2D eigenvalue weighted by Gasteiger charge is -2.11. The molecule has 5 nitrogen and oxygen atoms in total. The standard InChI is InChI=1S/C14H13F3N2O3S/c1-22-13-7-6-11(8-12(13)18)23(20,21)19-10-4-2-9(3-5-10)14(15,16)17/h2-8,19H,18H2,1H3. The fourth-order valence-corrected chi connectivity index (χ4v) is 2.91. The maximum Gasteiger partial charge on any atom is 0.416 e. The molecule has 2 aromatic carbocycles. The van der Waals surface area contributed by atoms with Crippen molar-refractivity contribution in [3.05, 3.63) is 48.0 Å². The third-order valence-corrected chi connectivity index (χ3v) is 4.35. The summed E-state index contributed by atoms with van der Waals surface area (Å²) < 4.78 is 68.9. The van der Waals surface area contributed by atoms with E-state index < -0.39 is 21.8 Å². The van der Waals surface area contributed by atoms with Gasteiger partial charge >= 0.3 is 6.18 Å². The van der Waals surface area contributed by atoms with Gasteiger partial charge in [-0.2, -0.15) is 13.2 Å². The van der Waals surface area contributed by atoms with Gasteiger partial charge in [0.1, 0.15) is 5.75 Å². The van der Waals surface area contributed by atoms with Crippen LogP contribution in [0.25, 0.3) is 0 Å².